The fourth-order valence-corrected chi connectivity index (χ4v) is 5.49. The van der Waals surface area contributed by atoms with E-state index in [1.165, 1.54) is 4.90 Å². The van der Waals surface area contributed by atoms with E-state index in [-0.39, 0.29) is 5.91 Å². The lowest BCUT2D eigenvalue weighted by Crippen LogP contribution is -2.46. The second kappa shape index (κ2) is 14.8. The van der Waals surface area contributed by atoms with Crippen molar-refractivity contribution in [1.82, 2.24) is 4.90 Å². The van der Waals surface area contributed by atoms with Gasteiger partial charge in [0.2, 0.25) is 5.91 Å². The van der Waals surface area contributed by atoms with Crippen molar-refractivity contribution < 1.29 is 19.1 Å². The van der Waals surface area contributed by atoms with Crippen LogP contribution < -0.4 is 14.5 Å². The molecule has 212 valence electrons. The smallest absolute Gasteiger partial charge is 0.421 e. The number of amides is 2. The summed E-state index contributed by atoms with van der Waals surface area (Å²) in [6.45, 7) is 7.85. The molecule has 2 aromatic carbocycles. The van der Waals surface area contributed by atoms with Gasteiger partial charge in [-0.2, -0.15) is 0 Å². The van der Waals surface area contributed by atoms with Crippen molar-refractivity contribution in [2.24, 2.45) is 0 Å². The highest BCUT2D eigenvalue weighted by atomic mass is 35.5. The zero-order valence-electron chi connectivity index (χ0n) is 22.8. The minimum Gasteiger partial charge on any atom is -0.494 e. The number of aryl methyl sites for hydroxylation is 1. The summed E-state index contributed by atoms with van der Waals surface area (Å²) < 4.78 is 11.4. The fraction of sp³-hybridized carbons (Fsp3) is 0.533. The molecule has 2 aromatic rings. The Morgan fingerprint density at radius 3 is 2.49 bits per heavy atom. The molecule has 0 atom stereocenters. The van der Waals surface area contributed by atoms with Crippen LogP contribution in [0.3, 0.4) is 0 Å². The molecule has 2 heterocycles. The summed E-state index contributed by atoms with van der Waals surface area (Å²) >= 11 is 12.6. The lowest BCUT2D eigenvalue weighted by atomic mass is 10.0. The molecule has 0 aliphatic carbocycles. The van der Waals surface area contributed by atoms with E-state index in [0.717, 1.165) is 82.5 Å². The van der Waals surface area contributed by atoms with Crippen LogP contribution in [0.4, 0.5) is 16.2 Å². The van der Waals surface area contributed by atoms with Gasteiger partial charge in [-0.1, -0.05) is 61.5 Å². The summed E-state index contributed by atoms with van der Waals surface area (Å²) in [4.78, 5) is 31.2. The number of nitrogens with zero attached hydrogens (tertiary/aromatic N) is 3. The van der Waals surface area contributed by atoms with Gasteiger partial charge in [-0.3, -0.25) is 9.69 Å². The van der Waals surface area contributed by atoms with E-state index < -0.39 is 6.09 Å². The third-order valence-electron chi connectivity index (χ3n) is 7.34. The maximum Gasteiger partial charge on any atom is 0.421 e. The highest BCUT2D eigenvalue weighted by Gasteiger charge is 2.31. The van der Waals surface area contributed by atoms with Crippen molar-refractivity contribution in [3.8, 4) is 5.75 Å². The Bertz CT molecular complexity index is 1120. The number of anilines is 2. The topological polar surface area (TPSA) is 62.3 Å². The standard InChI is InChI=1S/C30H39Cl2N3O4/c1-2-3-4-6-21-39-30(37)35-27-22-24(13-11-23(27)12-14-28(35)36)38-20-7-5-15-33-16-18-34(19-17-33)26-10-8-9-25(31)29(26)32/h8-11,13,22H,2-7,12,14-21H2,1H3. The van der Waals surface area contributed by atoms with E-state index in [1.807, 2.05) is 30.3 Å². The van der Waals surface area contributed by atoms with Gasteiger partial charge in [-0.05, 0) is 56.0 Å². The van der Waals surface area contributed by atoms with E-state index in [9.17, 15) is 9.59 Å². The first-order valence-corrected chi connectivity index (χ1v) is 14.9. The third kappa shape index (κ3) is 8.03. The molecule has 39 heavy (non-hydrogen) atoms. The monoisotopic (exact) mass is 575 g/mol. The fourth-order valence-electron chi connectivity index (χ4n) is 5.07. The highest BCUT2D eigenvalue weighted by Crippen LogP contribution is 2.34. The minimum atomic E-state index is -0.590. The average molecular weight is 577 g/mol. The SMILES string of the molecule is CCCCCCOC(=O)N1C(=O)CCc2ccc(OCCCCN3CCN(c4cccc(Cl)c4Cl)CC3)cc21. The van der Waals surface area contributed by atoms with Crippen molar-refractivity contribution >= 4 is 46.6 Å². The summed E-state index contributed by atoms with van der Waals surface area (Å²) in [6.07, 6.45) is 6.32. The zero-order chi connectivity index (χ0) is 27.6. The molecule has 0 bridgehead atoms. The van der Waals surface area contributed by atoms with Crippen molar-refractivity contribution in [3.63, 3.8) is 0 Å². The molecule has 2 amide bonds. The quantitative estimate of drug-likeness (QED) is 0.255. The largest absolute Gasteiger partial charge is 0.494 e. The molecule has 0 aromatic heterocycles. The van der Waals surface area contributed by atoms with E-state index in [0.29, 0.717) is 47.5 Å². The number of ether oxygens (including phenoxy) is 2. The van der Waals surface area contributed by atoms with Gasteiger partial charge in [-0.25, -0.2) is 9.69 Å². The molecule has 1 fully saturated rings. The summed E-state index contributed by atoms with van der Waals surface area (Å²) in [5, 5.41) is 1.21. The van der Waals surface area contributed by atoms with Crippen LogP contribution in [0.1, 0.15) is 57.4 Å². The summed E-state index contributed by atoms with van der Waals surface area (Å²) in [7, 11) is 0. The first-order chi connectivity index (χ1) is 19.0. The van der Waals surface area contributed by atoms with Gasteiger partial charge in [0.05, 0.1) is 34.6 Å². The minimum absolute atomic E-state index is 0.226. The molecule has 2 aliphatic rings. The number of halogens is 2. The Hall–Kier alpha value is -2.48. The number of hydrogen-bond acceptors (Lipinski definition) is 6. The molecular formula is C30H39Cl2N3O4. The summed E-state index contributed by atoms with van der Waals surface area (Å²) in [5.74, 6) is 0.437. The molecule has 7 nitrogen and oxygen atoms in total. The van der Waals surface area contributed by atoms with Crippen LogP contribution in [0.2, 0.25) is 10.0 Å². The average Bonchev–Trinajstić information content (AvgIpc) is 2.94. The Kier molecular flexibility index (Phi) is 11.2. The summed E-state index contributed by atoms with van der Waals surface area (Å²) in [5.41, 5.74) is 2.55. The van der Waals surface area contributed by atoms with Gasteiger partial charge >= 0.3 is 6.09 Å². The molecular weight excluding hydrogens is 537 g/mol. The Morgan fingerprint density at radius 1 is 0.897 bits per heavy atom. The van der Waals surface area contributed by atoms with Crippen molar-refractivity contribution in [2.75, 3.05) is 55.7 Å². The van der Waals surface area contributed by atoms with E-state index in [4.69, 9.17) is 32.7 Å². The van der Waals surface area contributed by atoms with Crippen LogP contribution in [0, 0.1) is 0 Å². The maximum atomic E-state index is 12.7. The van der Waals surface area contributed by atoms with Gasteiger partial charge in [0.15, 0.2) is 0 Å². The van der Waals surface area contributed by atoms with Crippen molar-refractivity contribution in [1.29, 1.82) is 0 Å². The lowest BCUT2D eigenvalue weighted by molar-refractivity contribution is -0.118. The predicted octanol–water partition coefficient (Wildman–Crippen LogP) is 6.97. The Morgan fingerprint density at radius 2 is 1.69 bits per heavy atom. The van der Waals surface area contributed by atoms with Crippen LogP contribution in [0.25, 0.3) is 0 Å². The van der Waals surface area contributed by atoms with Crippen LogP contribution in [0.5, 0.6) is 5.75 Å². The Balaban J connectivity index is 1.20. The van der Waals surface area contributed by atoms with Gasteiger partial charge in [0.25, 0.3) is 0 Å². The van der Waals surface area contributed by atoms with Crippen LogP contribution in [-0.2, 0) is 16.0 Å². The molecule has 0 spiro atoms. The number of unbranched alkanes of at least 4 members (excludes halogenated alkanes) is 4. The molecule has 0 radical (unpaired) electrons. The number of rotatable bonds is 12. The Labute approximate surface area is 241 Å². The number of carbonyl (C=O) groups excluding carboxylic acids is 2. The molecule has 1 saturated heterocycles. The van der Waals surface area contributed by atoms with E-state index in [1.54, 1.807) is 6.07 Å². The van der Waals surface area contributed by atoms with Gasteiger partial charge in [-0.15, -0.1) is 0 Å². The highest BCUT2D eigenvalue weighted by molar-refractivity contribution is 6.43. The number of piperazine rings is 1. The number of benzene rings is 2. The zero-order valence-corrected chi connectivity index (χ0v) is 24.3. The first-order valence-electron chi connectivity index (χ1n) is 14.1. The maximum absolute atomic E-state index is 12.7. The van der Waals surface area contributed by atoms with Crippen LogP contribution in [0.15, 0.2) is 36.4 Å². The molecule has 4 rings (SSSR count). The number of hydrogen-bond donors (Lipinski definition) is 0. The first kappa shape index (κ1) is 29.5. The molecule has 2 aliphatic heterocycles. The number of imide groups is 1. The van der Waals surface area contributed by atoms with E-state index >= 15 is 0 Å². The van der Waals surface area contributed by atoms with Gasteiger partial charge in [0, 0.05) is 38.7 Å². The van der Waals surface area contributed by atoms with Crippen molar-refractivity contribution in [3.05, 3.63) is 52.0 Å². The number of carbonyl (C=O) groups is 2. The normalized spacial score (nSPS) is 15.8. The van der Waals surface area contributed by atoms with Crippen molar-refractivity contribution in [2.45, 2.75) is 58.3 Å². The second-order valence-corrected chi connectivity index (χ2v) is 10.9. The van der Waals surface area contributed by atoms with Crippen LogP contribution in [-0.4, -0.2) is 62.8 Å². The molecule has 0 unspecified atom stereocenters. The second-order valence-electron chi connectivity index (χ2n) is 10.2. The summed E-state index contributed by atoms with van der Waals surface area (Å²) in [6, 6.07) is 11.4. The molecule has 9 heteroatoms. The van der Waals surface area contributed by atoms with E-state index in [2.05, 4.69) is 16.7 Å². The molecule has 0 saturated carbocycles. The van der Waals surface area contributed by atoms with Crippen LogP contribution >= 0.6 is 23.2 Å². The third-order valence-corrected chi connectivity index (χ3v) is 8.15. The predicted molar refractivity (Wildman–Crippen MR) is 158 cm³/mol. The van der Waals surface area contributed by atoms with Gasteiger partial charge in [0.1, 0.15) is 5.75 Å². The lowest BCUT2D eigenvalue weighted by Gasteiger charge is -2.36. The number of fused-ring (bicyclic) bond motifs is 1. The van der Waals surface area contributed by atoms with Gasteiger partial charge < -0.3 is 14.4 Å². The molecule has 0 N–H and O–H groups in total.